The first-order valence-electron chi connectivity index (χ1n) is 6.44. The lowest BCUT2D eigenvalue weighted by Gasteiger charge is -2.17. The molecule has 0 radical (unpaired) electrons. The molecule has 0 aromatic heterocycles. The maximum atomic E-state index is 11.6. The molecule has 2 rings (SSSR count). The van der Waals surface area contributed by atoms with Crippen LogP contribution in [0.1, 0.15) is 18.4 Å². The summed E-state index contributed by atoms with van der Waals surface area (Å²) in [5.41, 5.74) is 0.851. The van der Waals surface area contributed by atoms with Gasteiger partial charge in [0.1, 0.15) is 6.61 Å². The number of benzene rings is 1. The number of rotatable bonds is 4. The number of carbonyl (C=O) groups excluding carboxylic acids is 1. The van der Waals surface area contributed by atoms with Crippen LogP contribution in [0.15, 0.2) is 30.3 Å². The summed E-state index contributed by atoms with van der Waals surface area (Å²) < 4.78 is 5.03. The number of aliphatic hydroxyl groups is 1. The van der Waals surface area contributed by atoms with E-state index < -0.39 is 30.1 Å². The predicted octanol–water partition coefficient (Wildman–Crippen LogP) is 1.14. The fraction of sp³-hybridized carbons (Fsp3) is 0.429. The first-order chi connectivity index (χ1) is 9.56. The molecule has 1 fully saturated rings. The Labute approximate surface area is 116 Å². The number of amides is 1. The summed E-state index contributed by atoms with van der Waals surface area (Å²) in [6.45, 7) is 0.125. The first kappa shape index (κ1) is 14.3. The lowest BCUT2D eigenvalue weighted by atomic mass is 10.0. The molecule has 108 valence electrons. The van der Waals surface area contributed by atoms with Gasteiger partial charge >= 0.3 is 12.1 Å². The minimum atomic E-state index is -1.02. The van der Waals surface area contributed by atoms with Gasteiger partial charge in [-0.1, -0.05) is 30.3 Å². The van der Waals surface area contributed by atoms with Crippen LogP contribution in [0.4, 0.5) is 4.79 Å². The number of aliphatic hydroxyl groups excluding tert-OH is 1. The van der Waals surface area contributed by atoms with Crippen LogP contribution < -0.4 is 5.32 Å². The van der Waals surface area contributed by atoms with Crippen molar-refractivity contribution in [1.29, 1.82) is 0 Å². The van der Waals surface area contributed by atoms with Crippen molar-refractivity contribution >= 4 is 12.1 Å². The Kier molecular flexibility index (Phi) is 4.57. The molecule has 1 amide bonds. The SMILES string of the molecule is O=C(NC1CC(O)CC1C(=O)O)OCc1ccccc1. The molecule has 0 saturated heterocycles. The molecule has 1 aliphatic rings. The van der Waals surface area contributed by atoms with Gasteiger partial charge in [0.25, 0.3) is 0 Å². The van der Waals surface area contributed by atoms with E-state index in [0.29, 0.717) is 0 Å². The van der Waals surface area contributed by atoms with E-state index >= 15 is 0 Å². The highest BCUT2D eigenvalue weighted by Crippen LogP contribution is 2.26. The van der Waals surface area contributed by atoms with Crippen molar-refractivity contribution in [2.45, 2.75) is 31.6 Å². The van der Waals surface area contributed by atoms with Gasteiger partial charge in [0.05, 0.1) is 12.0 Å². The molecule has 0 aliphatic heterocycles. The molecule has 0 spiro atoms. The lowest BCUT2D eigenvalue weighted by Crippen LogP contribution is -2.40. The quantitative estimate of drug-likeness (QED) is 0.768. The maximum absolute atomic E-state index is 11.6. The molecular weight excluding hydrogens is 262 g/mol. The maximum Gasteiger partial charge on any atom is 0.407 e. The molecule has 0 heterocycles. The summed E-state index contributed by atoms with van der Waals surface area (Å²) in [5.74, 6) is -1.79. The van der Waals surface area contributed by atoms with Crippen LogP contribution in [-0.2, 0) is 16.1 Å². The molecule has 6 nitrogen and oxygen atoms in total. The number of ether oxygens (including phenoxy) is 1. The highest BCUT2D eigenvalue weighted by atomic mass is 16.5. The van der Waals surface area contributed by atoms with Crippen LogP contribution in [0.2, 0.25) is 0 Å². The molecule has 1 saturated carbocycles. The van der Waals surface area contributed by atoms with Gasteiger partial charge in [-0.25, -0.2) is 4.79 Å². The van der Waals surface area contributed by atoms with Gasteiger partial charge in [-0.05, 0) is 18.4 Å². The average molecular weight is 279 g/mol. The normalized spacial score (nSPS) is 25.1. The number of hydrogen-bond donors (Lipinski definition) is 3. The van der Waals surface area contributed by atoms with Crippen molar-refractivity contribution in [1.82, 2.24) is 5.32 Å². The second-order valence-electron chi connectivity index (χ2n) is 4.88. The smallest absolute Gasteiger partial charge is 0.407 e. The number of carbonyl (C=O) groups is 2. The summed E-state index contributed by atoms with van der Waals surface area (Å²) >= 11 is 0. The van der Waals surface area contributed by atoms with E-state index in [0.717, 1.165) is 5.56 Å². The van der Waals surface area contributed by atoms with Crippen molar-refractivity contribution in [3.8, 4) is 0 Å². The van der Waals surface area contributed by atoms with Crippen molar-refractivity contribution in [3.05, 3.63) is 35.9 Å². The van der Waals surface area contributed by atoms with E-state index in [2.05, 4.69) is 5.32 Å². The van der Waals surface area contributed by atoms with Crippen LogP contribution in [0.5, 0.6) is 0 Å². The monoisotopic (exact) mass is 279 g/mol. The summed E-state index contributed by atoms with van der Waals surface area (Å²) in [6, 6.07) is 8.60. The zero-order chi connectivity index (χ0) is 14.5. The Morgan fingerprint density at radius 3 is 2.60 bits per heavy atom. The van der Waals surface area contributed by atoms with Crippen LogP contribution >= 0.6 is 0 Å². The minimum absolute atomic E-state index is 0.125. The molecule has 1 aromatic carbocycles. The van der Waals surface area contributed by atoms with Crippen LogP contribution in [0, 0.1) is 5.92 Å². The van der Waals surface area contributed by atoms with Gasteiger partial charge < -0.3 is 20.3 Å². The fourth-order valence-electron chi connectivity index (χ4n) is 2.36. The Morgan fingerprint density at radius 1 is 1.25 bits per heavy atom. The number of aliphatic carboxylic acids is 1. The summed E-state index contributed by atoms with van der Waals surface area (Å²) in [6.07, 6.45) is -0.981. The molecule has 3 N–H and O–H groups in total. The van der Waals surface area contributed by atoms with E-state index in [9.17, 15) is 14.7 Å². The topological polar surface area (TPSA) is 95.9 Å². The van der Waals surface area contributed by atoms with E-state index in [1.54, 1.807) is 0 Å². The van der Waals surface area contributed by atoms with Gasteiger partial charge in [0.15, 0.2) is 0 Å². The third kappa shape index (κ3) is 3.71. The molecule has 1 aliphatic carbocycles. The number of carboxylic acids is 1. The van der Waals surface area contributed by atoms with Gasteiger partial charge in [-0.2, -0.15) is 0 Å². The van der Waals surface area contributed by atoms with Crippen LogP contribution in [0.25, 0.3) is 0 Å². The second-order valence-corrected chi connectivity index (χ2v) is 4.88. The number of hydrogen-bond acceptors (Lipinski definition) is 4. The van der Waals surface area contributed by atoms with Crippen molar-refractivity contribution in [2.75, 3.05) is 0 Å². The number of alkyl carbamates (subject to hydrolysis) is 1. The standard InChI is InChI=1S/C14H17NO5/c16-10-6-11(13(17)18)12(7-10)15-14(19)20-8-9-4-2-1-3-5-9/h1-5,10-12,16H,6-8H2,(H,15,19)(H,17,18). The van der Waals surface area contributed by atoms with E-state index in [4.69, 9.17) is 9.84 Å². The molecular formula is C14H17NO5. The molecule has 6 heteroatoms. The zero-order valence-electron chi connectivity index (χ0n) is 10.9. The largest absolute Gasteiger partial charge is 0.481 e. The summed E-state index contributed by atoms with van der Waals surface area (Å²) in [4.78, 5) is 22.7. The van der Waals surface area contributed by atoms with Crippen LogP contribution in [0.3, 0.4) is 0 Å². The Morgan fingerprint density at radius 2 is 1.95 bits per heavy atom. The fourth-order valence-corrected chi connectivity index (χ4v) is 2.36. The Balaban J connectivity index is 1.83. The van der Waals surface area contributed by atoms with Gasteiger partial charge in [-0.3, -0.25) is 4.79 Å². The molecule has 3 atom stereocenters. The van der Waals surface area contributed by atoms with E-state index in [1.165, 1.54) is 0 Å². The van der Waals surface area contributed by atoms with Gasteiger partial charge in [0, 0.05) is 6.04 Å². The Bertz CT molecular complexity index is 476. The lowest BCUT2D eigenvalue weighted by molar-refractivity contribution is -0.142. The zero-order valence-corrected chi connectivity index (χ0v) is 10.9. The van der Waals surface area contributed by atoms with Gasteiger partial charge in [-0.15, -0.1) is 0 Å². The third-order valence-corrected chi connectivity index (χ3v) is 3.37. The van der Waals surface area contributed by atoms with Crippen LogP contribution in [-0.4, -0.2) is 34.4 Å². The molecule has 0 bridgehead atoms. The van der Waals surface area contributed by atoms with Gasteiger partial charge in [0.2, 0.25) is 0 Å². The number of nitrogens with one attached hydrogen (secondary N) is 1. The predicted molar refractivity (Wildman–Crippen MR) is 69.9 cm³/mol. The van der Waals surface area contributed by atoms with Crippen molar-refractivity contribution < 1.29 is 24.5 Å². The first-order valence-corrected chi connectivity index (χ1v) is 6.44. The molecule has 3 unspecified atom stereocenters. The van der Waals surface area contributed by atoms with Crippen molar-refractivity contribution in [2.24, 2.45) is 5.92 Å². The highest BCUT2D eigenvalue weighted by molar-refractivity contribution is 5.74. The average Bonchev–Trinajstić information content (AvgIpc) is 2.79. The Hall–Kier alpha value is -2.08. The minimum Gasteiger partial charge on any atom is -0.481 e. The van der Waals surface area contributed by atoms with E-state index in [1.807, 2.05) is 30.3 Å². The van der Waals surface area contributed by atoms with E-state index in [-0.39, 0.29) is 19.4 Å². The second kappa shape index (κ2) is 6.38. The summed E-state index contributed by atoms with van der Waals surface area (Å²) in [7, 11) is 0. The molecule has 1 aromatic rings. The summed E-state index contributed by atoms with van der Waals surface area (Å²) in [5, 5.41) is 21.0. The molecule has 20 heavy (non-hydrogen) atoms. The highest BCUT2D eigenvalue weighted by Gasteiger charge is 2.39. The van der Waals surface area contributed by atoms with Crippen molar-refractivity contribution in [3.63, 3.8) is 0 Å². The third-order valence-electron chi connectivity index (χ3n) is 3.37. The number of carboxylic acid groups (broad SMARTS) is 1.